The van der Waals surface area contributed by atoms with Gasteiger partial charge >= 0.3 is 0 Å². The minimum absolute atomic E-state index is 0.103. The van der Waals surface area contributed by atoms with E-state index in [9.17, 15) is 9.59 Å². The Labute approximate surface area is 223 Å². The number of hydrogen-bond donors (Lipinski definition) is 0. The monoisotopic (exact) mass is 517 g/mol. The van der Waals surface area contributed by atoms with Crippen LogP contribution in [0.2, 0.25) is 5.02 Å². The van der Waals surface area contributed by atoms with Crippen LogP contribution < -0.4 is 9.64 Å². The second kappa shape index (κ2) is 11.5. The number of imide groups is 1. The maximum atomic E-state index is 13.4. The molecule has 2 aliphatic heterocycles. The molecule has 0 bridgehead atoms. The lowest BCUT2D eigenvalue weighted by atomic mass is 9.96. The Kier molecular flexibility index (Phi) is 7.89. The van der Waals surface area contributed by atoms with Crippen molar-refractivity contribution in [1.82, 2.24) is 9.80 Å². The molecular formula is C30H32ClN3O3. The highest BCUT2D eigenvalue weighted by atomic mass is 35.5. The van der Waals surface area contributed by atoms with Crippen LogP contribution in [0.4, 0.5) is 5.69 Å². The van der Waals surface area contributed by atoms with Gasteiger partial charge < -0.3 is 4.74 Å². The first-order chi connectivity index (χ1) is 18.0. The SMILES string of the molecule is CCCOc1ccc(N2C(=O)C[C@@H](N3CCN([C@@H](c4ccccc4)c4ccc(Cl)cc4)CC3)C2=O)cc1. The normalized spacial score (nSPS) is 19.8. The summed E-state index contributed by atoms with van der Waals surface area (Å²) in [6.07, 6.45) is 1.14. The molecule has 2 fully saturated rings. The predicted molar refractivity (Wildman–Crippen MR) is 146 cm³/mol. The number of nitrogens with zero attached hydrogens (tertiary/aromatic N) is 3. The van der Waals surface area contributed by atoms with E-state index in [1.54, 1.807) is 12.1 Å². The second-order valence-corrected chi connectivity index (χ2v) is 10.0. The lowest BCUT2D eigenvalue weighted by Gasteiger charge is -2.41. The number of rotatable bonds is 8. The van der Waals surface area contributed by atoms with Gasteiger partial charge in [0.1, 0.15) is 5.75 Å². The molecule has 3 aromatic rings. The van der Waals surface area contributed by atoms with Crippen molar-refractivity contribution in [2.45, 2.75) is 31.8 Å². The summed E-state index contributed by atoms with van der Waals surface area (Å²) < 4.78 is 5.63. The molecule has 2 saturated heterocycles. The van der Waals surface area contributed by atoms with Gasteiger partial charge in [0.25, 0.3) is 5.91 Å². The molecule has 2 amide bonds. The number of piperazine rings is 1. The van der Waals surface area contributed by atoms with Crippen LogP contribution in [0.15, 0.2) is 78.9 Å². The lowest BCUT2D eigenvalue weighted by Crippen LogP contribution is -2.53. The fraction of sp³-hybridized carbons (Fsp3) is 0.333. The van der Waals surface area contributed by atoms with E-state index in [0.717, 1.165) is 43.4 Å². The van der Waals surface area contributed by atoms with Crippen molar-refractivity contribution in [3.8, 4) is 5.75 Å². The molecule has 0 unspecified atom stereocenters. The zero-order valence-electron chi connectivity index (χ0n) is 21.1. The van der Waals surface area contributed by atoms with Gasteiger partial charge in [-0.05, 0) is 53.9 Å². The first-order valence-corrected chi connectivity index (χ1v) is 13.3. The summed E-state index contributed by atoms with van der Waals surface area (Å²) in [5.74, 6) is 0.451. The zero-order chi connectivity index (χ0) is 25.8. The molecule has 2 atom stereocenters. The van der Waals surface area contributed by atoms with Crippen molar-refractivity contribution in [1.29, 1.82) is 0 Å². The van der Waals surface area contributed by atoms with E-state index in [1.807, 2.05) is 30.3 Å². The van der Waals surface area contributed by atoms with Crippen LogP contribution in [0.3, 0.4) is 0 Å². The van der Waals surface area contributed by atoms with Gasteiger partial charge in [-0.3, -0.25) is 19.4 Å². The fourth-order valence-corrected chi connectivity index (χ4v) is 5.41. The number of anilines is 1. The molecule has 0 aromatic heterocycles. The second-order valence-electron chi connectivity index (χ2n) is 9.57. The zero-order valence-corrected chi connectivity index (χ0v) is 21.8. The third-order valence-corrected chi connectivity index (χ3v) is 7.40. The number of benzene rings is 3. The molecule has 5 rings (SSSR count). The summed E-state index contributed by atoms with van der Waals surface area (Å²) in [6, 6.07) is 25.4. The number of carbonyl (C=O) groups excluding carboxylic acids is 2. The number of ether oxygens (including phenoxy) is 1. The summed E-state index contributed by atoms with van der Waals surface area (Å²) >= 11 is 6.16. The van der Waals surface area contributed by atoms with Crippen LogP contribution in [-0.4, -0.2) is 60.4 Å². The molecule has 6 nitrogen and oxygen atoms in total. The van der Waals surface area contributed by atoms with Crippen LogP contribution >= 0.6 is 11.6 Å². The Morgan fingerprint density at radius 2 is 1.51 bits per heavy atom. The van der Waals surface area contributed by atoms with Gasteiger partial charge in [-0.1, -0.05) is 61.0 Å². The molecule has 37 heavy (non-hydrogen) atoms. The van der Waals surface area contributed by atoms with E-state index in [0.29, 0.717) is 12.3 Å². The van der Waals surface area contributed by atoms with Crippen molar-refractivity contribution in [3.05, 3.63) is 95.0 Å². The van der Waals surface area contributed by atoms with Gasteiger partial charge in [0.15, 0.2) is 0 Å². The average Bonchev–Trinajstić information content (AvgIpc) is 3.23. The van der Waals surface area contributed by atoms with E-state index in [1.165, 1.54) is 16.0 Å². The maximum absolute atomic E-state index is 13.4. The topological polar surface area (TPSA) is 53.1 Å². The van der Waals surface area contributed by atoms with Crippen LogP contribution in [0.1, 0.15) is 36.9 Å². The maximum Gasteiger partial charge on any atom is 0.251 e. The fourth-order valence-electron chi connectivity index (χ4n) is 5.29. The largest absolute Gasteiger partial charge is 0.494 e. The van der Waals surface area contributed by atoms with Crippen LogP contribution in [0.5, 0.6) is 5.75 Å². The third-order valence-electron chi connectivity index (χ3n) is 7.15. The summed E-state index contributed by atoms with van der Waals surface area (Å²) in [4.78, 5) is 32.2. The highest BCUT2D eigenvalue weighted by Gasteiger charge is 2.43. The molecule has 0 aliphatic carbocycles. The minimum Gasteiger partial charge on any atom is -0.494 e. The quantitative estimate of drug-likeness (QED) is 0.386. The van der Waals surface area contributed by atoms with Crippen LogP contribution in [0.25, 0.3) is 0 Å². The van der Waals surface area contributed by atoms with Crippen molar-refractivity contribution < 1.29 is 14.3 Å². The summed E-state index contributed by atoms with van der Waals surface area (Å²) in [7, 11) is 0. The van der Waals surface area contributed by atoms with Crippen molar-refractivity contribution in [3.63, 3.8) is 0 Å². The number of hydrogen-bond acceptors (Lipinski definition) is 5. The smallest absolute Gasteiger partial charge is 0.251 e. The Bertz CT molecular complexity index is 1210. The van der Waals surface area contributed by atoms with Crippen molar-refractivity contribution >= 4 is 29.1 Å². The summed E-state index contributed by atoms with van der Waals surface area (Å²) in [5.41, 5.74) is 3.02. The number of halogens is 1. The molecule has 0 spiro atoms. The molecule has 3 aromatic carbocycles. The molecule has 7 heteroatoms. The molecule has 2 aliphatic rings. The van der Waals surface area contributed by atoms with Crippen LogP contribution in [0, 0.1) is 0 Å². The van der Waals surface area contributed by atoms with Gasteiger partial charge in [0.2, 0.25) is 5.91 Å². The molecule has 0 N–H and O–H groups in total. The van der Waals surface area contributed by atoms with Gasteiger partial charge in [-0.15, -0.1) is 0 Å². The molecule has 2 heterocycles. The third kappa shape index (κ3) is 5.57. The van der Waals surface area contributed by atoms with E-state index in [4.69, 9.17) is 16.3 Å². The molecular weight excluding hydrogens is 486 g/mol. The standard InChI is InChI=1S/C30H32ClN3O3/c1-2-20-37-26-14-12-25(13-15-26)34-28(35)21-27(30(34)36)32-16-18-33(19-17-32)29(22-6-4-3-5-7-22)23-8-10-24(31)11-9-23/h3-15,27,29H,2,16-21H2,1H3/t27-,29+/m1/s1. The van der Waals surface area contributed by atoms with Crippen LogP contribution in [-0.2, 0) is 9.59 Å². The molecule has 0 radical (unpaired) electrons. The van der Waals surface area contributed by atoms with Gasteiger partial charge in [0.05, 0.1) is 30.8 Å². The predicted octanol–water partition coefficient (Wildman–Crippen LogP) is 5.17. The van der Waals surface area contributed by atoms with Gasteiger partial charge in [-0.25, -0.2) is 4.90 Å². The Balaban J connectivity index is 1.27. The van der Waals surface area contributed by atoms with E-state index < -0.39 is 6.04 Å². The van der Waals surface area contributed by atoms with E-state index in [2.05, 4.69) is 53.1 Å². The average molecular weight is 518 g/mol. The number of carbonyl (C=O) groups is 2. The highest BCUT2D eigenvalue weighted by molar-refractivity contribution is 6.30. The van der Waals surface area contributed by atoms with Crippen molar-refractivity contribution in [2.24, 2.45) is 0 Å². The summed E-state index contributed by atoms with van der Waals surface area (Å²) in [5, 5.41) is 0.720. The number of amides is 2. The minimum atomic E-state index is -0.420. The van der Waals surface area contributed by atoms with Crippen molar-refractivity contribution in [2.75, 3.05) is 37.7 Å². The first kappa shape index (κ1) is 25.5. The van der Waals surface area contributed by atoms with E-state index >= 15 is 0 Å². The Hall–Kier alpha value is -3.19. The lowest BCUT2D eigenvalue weighted by molar-refractivity contribution is -0.123. The van der Waals surface area contributed by atoms with Gasteiger partial charge in [0, 0.05) is 31.2 Å². The molecule has 192 valence electrons. The summed E-state index contributed by atoms with van der Waals surface area (Å²) in [6.45, 7) is 5.72. The van der Waals surface area contributed by atoms with E-state index in [-0.39, 0.29) is 24.3 Å². The van der Waals surface area contributed by atoms with Gasteiger partial charge in [-0.2, -0.15) is 0 Å². The molecule has 0 saturated carbocycles. The Morgan fingerprint density at radius 3 is 2.16 bits per heavy atom. The Morgan fingerprint density at radius 1 is 0.865 bits per heavy atom. The first-order valence-electron chi connectivity index (χ1n) is 12.9. The highest BCUT2D eigenvalue weighted by Crippen LogP contribution is 2.32.